The molecule has 0 aromatic carbocycles. The maximum atomic E-state index is 13.9. The van der Waals surface area contributed by atoms with Crippen LogP contribution in [0, 0.1) is 11.8 Å². The second kappa shape index (κ2) is 26.0. The summed E-state index contributed by atoms with van der Waals surface area (Å²) in [4.78, 5) is 52.8. The van der Waals surface area contributed by atoms with Crippen molar-refractivity contribution in [2.24, 2.45) is 26.8 Å². The fourth-order valence-corrected chi connectivity index (χ4v) is 10.9. The molecule has 14 nitrogen and oxygen atoms in total. The Labute approximate surface area is 429 Å². The summed E-state index contributed by atoms with van der Waals surface area (Å²) in [6.07, 6.45) is 23.8. The van der Waals surface area contributed by atoms with E-state index in [2.05, 4.69) is 45.7 Å². The van der Waals surface area contributed by atoms with Crippen molar-refractivity contribution >= 4 is 36.9 Å². The number of unbranched alkanes of at least 4 members (excludes halogenated alkanes) is 12. The van der Waals surface area contributed by atoms with Gasteiger partial charge in [-0.2, -0.15) is 0 Å². The minimum atomic E-state index is -4.54. The zero-order valence-corrected chi connectivity index (χ0v) is 45.7. The third-order valence-electron chi connectivity index (χ3n) is 14.6. The molecule has 6 aliphatic rings. The monoisotopic (exact) mass is 1010 g/mol. The van der Waals surface area contributed by atoms with E-state index in [0.717, 1.165) is 99.0 Å². The molecule has 1 saturated heterocycles. The number of aliphatic imine (C=N–C) groups is 3. The Bertz CT molecular complexity index is 2490. The van der Waals surface area contributed by atoms with Crippen molar-refractivity contribution in [2.45, 2.75) is 163 Å². The summed E-state index contributed by atoms with van der Waals surface area (Å²) in [6.45, 7) is 16.3. The summed E-state index contributed by atoms with van der Waals surface area (Å²) in [5, 5.41) is 15.3. The van der Waals surface area contributed by atoms with E-state index in [1.165, 1.54) is 57.8 Å². The van der Waals surface area contributed by atoms with Crippen LogP contribution < -0.4 is 5.32 Å². The lowest BCUT2D eigenvalue weighted by Gasteiger charge is -2.24. The van der Waals surface area contributed by atoms with Crippen LogP contribution in [0.4, 0.5) is 0 Å². The molecule has 394 valence electrons. The van der Waals surface area contributed by atoms with Gasteiger partial charge in [-0.15, -0.1) is 0 Å². The van der Waals surface area contributed by atoms with Gasteiger partial charge in [0, 0.05) is 59.2 Å². The van der Waals surface area contributed by atoms with Crippen molar-refractivity contribution in [3.8, 4) is 0 Å². The molecule has 0 aromatic heterocycles. The highest BCUT2D eigenvalue weighted by molar-refractivity contribution is 7.47. The minimum Gasteiger partial charge on any atom is -0.511 e. The Kier molecular flexibility index (Phi) is 20.4. The molecule has 8 bridgehead atoms. The Morgan fingerprint density at radius 2 is 1.47 bits per heavy atom. The molecule has 15 heteroatoms. The van der Waals surface area contributed by atoms with Crippen LogP contribution in [-0.4, -0.2) is 97.2 Å². The summed E-state index contributed by atoms with van der Waals surface area (Å²) in [7, 11) is 1.27. The Morgan fingerprint density at radius 3 is 2.11 bits per heavy atom. The number of hydrogen-bond acceptors (Lipinski definition) is 12. The van der Waals surface area contributed by atoms with E-state index in [-0.39, 0.29) is 50.1 Å². The molecule has 0 aromatic rings. The zero-order chi connectivity index (χ0) is 52.2. The second-order valence-electron chi connectivity index (χ2n) is 21.2. The fraction of sp³-hybridized carbons (Fsp3) is 0.596. The number of aliphatic hydroxyl groups is 1. The van der Waals surface area contributed by atoms with E-state index < -0.39 is 32.5 Å². The number of carbonyl (C=O) groups excluding carboxylic acids is 2. The first-order valence-electron chi connectivity index (χ1n) is 26.7. The summed E-state index contributed by atoms with van der Waals surface area (Å²) in [5.74, 6) is -1.13. The van der Waals surface area contributed by atoms with Crippen molar-refractivity contribution < 1.29 is 47.2 Å². The first-order chi connectivity index (χ1) is 34.3. The van der Waals surface area contributed by atoms with Gasteiger partial charge in [-0.25, -0.2) is 19.5 Å². The van der Waals surface area contributed by atoms with Crippen LogP contribution in [0.25, 0.3) is 0 Å². The highest BCUT2D eigenvalue weighted by Crippen LogP contribution is 2.47. The number of rotatable bonds is 29. The molecule has 3 N–H and O–H groups in total. The van der Waals surface area contributed by atoms with Crippen LogP contribution >= 0.6 is 7.82 Å². The fourth-order valence-electron chi connectivity index (χ4n) is 10.2. The Hall–Kier alpha value is -4.72. The van der Waals surface area contributed by atoms with Gasteiger partial charge in [0.1, 0.15) is 25.5 Å². The summed E-state index contributed by atoms with van der Waals surface area (Å²) >= 11 is 0. The van der Waals surface area contributed by atoms with Crippen molar-refractivity contribution in [2.75, 3.05) is 47.5 Å². The number of carbonyl (C=O) groups is 2. The van der Waals surface area contributed by atoms with Gasteiger partial charge >= 0.3 is 19.8 Å². The molecular weight excluding hydrogens is 930 g/mol. The van der Waals surface area contributed by atoms with Gasteiger partial charge < -0.3 is 29.3 Å². The van der Waals surface area contributed by atoms with Gasteiger partial charge in [0.15, 0.2) is 6.10 Å². The number of quaternary nitrogens is 1. The molecular formula is C57H83N5O9P+. The lowest BCUT2D eigenvalue weighted by atomic mass is 9.86. The number of fused-ring (bicyclic) bond motifs is 5. The average molecular weight is 1010 g/mol. The quantitative estimate of drug-likeness (QED) is 0.0283. The third kappa shape index (κ3) is 15.0. The zero-order valence-electron chi connectivity index (χ0n) is 44.8. The van der Waals surface area contributed by atoms with Gasteiger partial charge in [0.2, 0.25) is 0 Å². The largest absolute Gasteiger partial charge is 0.511 e. The van der Waals surface area contributed by atoms with Crippen molar-refractivity contribution in [1.29, 1.82) is 0 Å². The number of phosphoric ester groups is 1. The van der Waals surface area contributed by atoms with Crippen molar-refractivity contribution in [3.63, 3.8) is 0 Å². The molecule has 72 heavy (non-hydrogen) atoms. The number of phosphoric acid groups is 1. The SMILES string of the molecule is C=CC1=C(C)C2=NC1=CC1=NC(=CC3=C(C)C4=C(O)CC(=C5NC(=C2)[C@@H](C)[C@@H]5CCC(=O)O[C@H](COC(=O)CCCCCCCCCCCCCCC)COP(=O)(O)OCC[N+](C)(C)C)C4=N3)C(CC)=C1C. The van der Waals surface area contributed by atoms with Gasteiger partial charge in [-0.3, -0.25) is 18.6 Å². The van der Waals surface area contributed by atoms with E-state index in [1.807, 2.05) is 53.2 Å². The number of nitrogens with one attached hydrogen (secondary N) is 1. The smallest absolute Gasteiger partial charge is 0.472 e. The molecule has 0 amide bonds. The molecule has 1 aliphatic carbocycles. The first-order valence-corrected chi connectivity index (χ1v) is 28.2. The molecule has 5 aliphatic heterocycles. The van der Waals surface area contributed by atoms with Crippen LogP contribution in [-0.2, 0) is 32.7 Å². The van der Waals surface area contributed by atoms with Crippen LogP contribution in [0.5, 0.6) is 0 Å². The first kappa shape index (κ1) is 56.6. The molecule has 6 rings (SSSR count). The summed E-state index contributed by atoms with van der Waals surface area (Å²) < 4.78 is 35.5. The van der Waals surface area contributed by atoms with Gasteiger partial charge in [-0.1, -0.05) is 110 Å². The Morgan fingerprint density at radius 1 is 0.833 bits per heavy atom. The molecule has 1 unspecified atom stereocenters. The van der Waals surface area contributed by atoms with E-state index in [0.29, 0.717) is 35.2 Å². The highest BCUT2D eigenvalue weighted by Gasteiger charge is 2.41. The van der Waals surface area contributed by atoms with Gasteiger partial charge in [-0.05, 0) is 80.6 Å². The number of ether oxygens (including phenoxy) is 2. The summed E-state index contributed by atoms with van der Waals surface area (Å²) in [5.41, 5.74) is 13.0. The molecule has 4 atom stereocenters. The van der Waals surface area contributed by atoms with Crippen molar-refractivity contribution in [3.05, 3.63) is 104 Å². The number of aliphatic hydroxyl groups excluding tert-OH is 1. The standard InChI is InChI=1S/C57H82N5O9P/c1-11-14-15-16-17-18-19-20-21-22-23-24-25-26-53(64)68-35-41(36-70-72(66,67)69-30-29-62(8,9)10)71-54(65)28-27-44-39(6)48-32-46-37(4)42(12-2)50(58-46)33-47-38(5)43(13-3)51(59-47)34-49-40(7)55-52(63)31-45(56(44)60-48)57(55)61-49/h12,32-34,39,41,44H,2,11,13-31,35-36H2,1,3-10H3,(H2-,58,59,60,61,63,66,67)/p+1/t39-,41+,44-/m0/s1. The van der Waals surface area contributed by atoms with E-state index in [9.17, 15) is 24.2 Å². The number of nitrogens with zero attached hydrogens (tertiary/aromatic N) is 4. The number of allylic oxidation sites excluding steroid dienone is 12. The molecule has 5 heterocycles. The topological polar surface area (TPSA) is 178 Å². The predicted octanol–water partition coefficient (Wildman–Crippen LogP) is 12.4. The average Bonchev–Trinajstić information content (AvgIpc) is 4.09. The normalized spacial score (nSPS) is 20.9. The minimum absolute atomic E-state index is 0.0315. The Balaban J connectivity index is 1.15. The molecule has 0 spiro atoms. The number of hydrogen-bond donors (Lipinski definition) is 3. The highest BCUT2D eigenvalue weighted by atomic mass is 31.2. The van der Waals surface area contributed by atoms with Gasteiger partial charge in [0.05, 0.1) is 62.0 Å². The van der Waals surface area contributed by atoms with Crippen LogP contribution in [0.1, 0.15) is 157 Å². The van der Waals surface area contributed by atoms with Crippen molar-refractivity contribution in [1.82, 2.24) is 5.32 Å². The number of likely N-dealkylation sites (N-methyl/N-ethyl adjacent to an activating group) is 1. The lowest BCUT2D eigenvalue weighted by Crippen LogP contribution is -2.37. The van der Waals surface area contributed by atoms with Crippen LogP contribution in [0.2, 0.25) is 0 Å². The van der Waals surface area contributed by atoms with E-state index >= 15 is 0 Å². The maximum absolute atomic E-state index is 13.9. The predicted molar refractivity (Wildman–Crippen MR) is 287 cm³/mol. The second-order valence-corrected chi connectivity index (χ2v) is 22.6. The maximum Gasteiger partial charge on any atom is 0.472 e. The van der Waals surface area contributed by atoms with E-state index in [4.69, 9.17) is 33.5 Å². The molecule has 1 fully saturated rings. The summed E-state index contributed by atoms with van der Waals surface area (Å²) in [6, 6.07) is 0. The lowest BCUT2D eigenvalue weighted by molar-refractivity contribution is -0.870. The molecule has 0 saturated carbocycles. The van der Waals surface area contributed by atoms with Crippen LogP contribution in [0.3, 0.4) is 0 Å². The third-order valence-corrected chi connectivity index (χ3v) is 15.6. The van der Waals surface area contributed by atoms with E-state index in [1.54, 1.807) is 0 Å². The van der Waals surface area contributed by atoms with Crippen LogP contribution in [0.15, 0.2) is 119 Å². The number of esters is 2. The van der Waals surface area contributed by atoms with Gasteiger partial charge in [0.25, 0.3) is 0 Å². The molecule has 0 radical (unpaired) electrons.